The molecular formula is C14H26O3. The second kappa shape index (κ2) is 15.1. The van der Waals surface area contributed by atoms with Crippen molar-refractivity contribution in [1.82, 2.24) is 0 Å². The third-order valence-electron chi connectivity index (χ3n) is 1.93. The molecule has 0 heterocycles. The summed E-state index contributed by atoms with van der Waals surface area (Å²) in [4.78, 5) is 0. The quantitative estimate of drug-likeness (QED) is 0.855. The largest absolute Gasteiger partial charge is 0.394 e. The van der Waals surface area contributed by atoms with Gasteiger partial charge in [0.25, 0.3) is 0 Å². The van der Waals surface area contributed by atoms with E-state index in [1.165, 1.54) is 11.1 Å². The molecule has 3 heteroatoms. The summed E-state index contributed by atoms with van der Waals surface area (Å²) >= 11 is 0. The van der Waals surface area contributed by atoms with Crippen molar-refractivity contribution in [3.63, 3.8) is 0 Å². The van der Waals surface area contributed by atoms with E-state index in [1.54, 1.807) is 0 Å². The number of aliphatic hydroxyl groups is 2. The summed E-state index contributed by atoms with van der Waals surface area (Å²) in [5.74, 6) is 0. The fourth-order valence-electron chi connectivity index (χ4n) is 0.867. The average molecular weight is 242 g/mol. The standard InChI is InChI=1S/C8H10.C4H10O.C2H6O2/c1-7-5-3-4-6-8(7)2;1-3-5-4-2;3-1-2-4/h3-6H,1-2H3;3-4H2,1-2H3;3-4H,1-2H2. The summed E-state index contributed by atoms with van der Waals surface area (Å²) in [6, 6.07) is 8.36. The molecule has 0 saturated carbocycles. The number of aryl methyl sites for hydroxylation is 2. The minimum atomic E-state index is -0.125. The van der Waals surface area contributed by atoms with Crippen LogP contribution in [0.4, 0.5) is 0 Å². The summed E-state index contributed by atoms with van der Waals surface area (Å²) in [7, 11) is 0. The molecule has 17 heavy (non-hydrogen) atoms. The van der Waals surface area contributed by atoms with Crippen LogP contribution in [0.1, 0.15) is 25.0 Å². The van der Waals surface area contributed by atoms with Crippen LogP contribution in [0.25, 0.3) is 0 Å². The van der Waals surface area contributed by atoms with Gasteiger partial charge < -0.3 is 14.9 Å². The molecule has 0 unspecified atom stereocenters. The highest BCUT2D eigenvalue weighted by atomic mass is 16.5. The first-order valence-corrected chi connectivity index (χ1v) is 5.95. The molecule has 0 spiro atoms. The maximum Gasteiger partial charge on any atom is 0.0662 e. The maximum atomic E-state index is 7.62. The van der Waals surface area contributed by atoms with E-state index in [2.05, 4.69) is 38.1 Å². The molecule has 0 saturated heterocycles. The lowest BCUT2D eigenvalue weighted by molar-refractivity contribution is 0.162. The predicted molar refractivity (Wildman–Crippen MR) is 72.3 cm³/mol. The summed E-state index contributed by atoms with van der Waals surface area (Å²) in [6.07, 6.45) is 0. The normalized spacial score (nSPS) is 8.59. The Bertz CT molecular complexity index is 224. The monoisotopic (exact) mass is 242 g/mol. The van der Waals surface area contributed by atoms with Gasteiger partial charge >= 0.3 is 0 Å². The Morgan fingerprint density at radius 2 is 1.24 bits per heavy atom. The molecule has 0 aliphatic carbocycles. The molecule has 100 valence electrons. The van der Waals surface area contributed by atoms with Crippen LogP contribution in [-0.2, 0) is 4.74 Å². The van der Waals surface area contributed by atoms with Gasteiger partial charge in [0.1, 0.15) is 0 Å². The number of hydrogen-bond acceptors (Lipinski definition) is 3. The Hall–Kier alpha value is -0.900. The van der Waals surface area contributed by atoms with Gasteiger partial charge in [-0.3, -0.25) is 0 Å². The van der Waals surface area contributed by atoms with Crippen LogP contribution in [-0.4, -0.2) is 36.6 Å². The molecule has 0 amide bonds. The predicted octanol–water partition coefficient (Wildman–Crippen LogP) is 2.32. The third-order valence-corrected chi connectivity index (χ3v) is 1.93. The number of rotatable bonds is 3. The number of benzene rings is 1. The van der Waals surface area contributed by atoms with Crippen LogP contribution in [0.15, 0.2) is 24.3 Å². The van der Waals surface area contributed by atoms with Gasteiger partial charge in [0.05, 0.1) is 13.2 Å². The van der Waals surface area contributed by atoms with Crippen LogP contribution in [0, 0.1) is 13.8 Å². The molecule has 0 fully saturated rings. The molecule has 2 N–H and O–H groups in total. The second-order valence-corrected chi connectivity index (χ2v) is 3.31. The SMILES string of the molecule is CCOCC.Cc1ccccc1C.OCCO. The molecule has 0 radical (unpaired) electrons. The molecular weight excluding hydrogens is 216 g/mol. The van der Waals surface area contributed by atoms with Gasteiger partial charge in [-0.1, -0.05) is 24.3 Å². The van der Waals surface area contributed by atoms with Gasteiger partial charge in [-0.05, 0) is 38.8 Å². The van der Waals surface area contributed by atoms with E-state index in [9.17, 15) is 0 Å². The summed E-state index contributed by atoms with van der Waals surface area (Å²) < 4.78 is 4.83. The zero-order valence-electron chi connectivity index (χ0n) is 11.4. The van der Waals surface area contributed by atoms with Crippen molar-refractivity contribution >= 4 is 0 Å². The van der Waals surface area contributed by atoms with Gasteiger partial charge in [-0.2, -0.15) is 0 Å². The van der Waals surface area contributed by atoms with Crippen LogP contribution in [0.2, 0.25) is 0 Å². The highest BCUT2D eigenvalue weighted by Gasteiger charge is 1.83. The molecule has 0 atom stereocenters. The Morgan fingerprint density at radius 3 is 1.35 bits per heavy atom. The summed E-state index contributed by atoms with van der Waals surface area (Å²) in [5, 5.41) is 15.2. The Morgan fingerprint density at radius 1 is 0.882 bits per heavy atom. The van der Waals surface area contributed by atoms with Crippen LogP contribution >= 0.6 is 0 Å². The van der Waals surface area contributed by atoms with E-state index in [0.717, 1.165) is 13.2 Å². The highest BCUT2D eigenvalue weighted by Crippen LogP contribution is 2.02. The van der Waals surface area contributed by atoms with Crippen molar-refractivity contribution in [2.45, 2.75) is 27.7 Å². The van der Waals surface area contributed by atoms with Crippen LogP contribution in [0.5, 0.6) is 0 Å². The molecule has 1 aromatic rings. The van der Waals surface area contributed by atoms with Gasteiger partial charge in [-0.15, -0.1) is 0 Å². The molecule has 1 aromatic carbocycles. The Kier molecular flexibility index (Phi) is 16.4. The van der Waals surface area contributed by atoms with Crippen molar-refractivity contribution in [3.8, 4) is 0 Å². The topological polar surface area (TPSA) is 49.7 Å². The molecule has 1 rings (SSSR count). The Balaban J connectivity index is 0. The Labute approximate surface area is 105 Å². The summed E-state index contributed by atoms with van der Waals surface area (Å²) in [6.45, 7) is 9.66. The maximum absolute atomic E-state index is 7.62. The zero-order valence-corrected chi connectivity index (χ0v) is 11.4. The highest BCUT2D eigenvalue weighted by molar-refractivity contribution is 5.23. The fourth-order valence-corrected chi connectivity index (χ4v) is 0.867. The number of aliphatic hydroxyl groups excluding tert-OH is 2. The number of hydrogen-bond donors (Lipinski definition) is 2. The van der Waals surface area contributed by atoms with E-state index >= 15 is 0 Å². The van der Waals surface area contributed by atoms with Gasteiger partial charge in [0.15, 0.2) is 0 Å². The molecule has 0 aliphatic rings. The first-order valence-electron chi connectivity index (χ1n) is 5.95. The lowest BCUT2D eigenvalue weighted by Crippen LogP contribution is -1.85. The van der Waals surface area contributed by atoms with Crippen molar-refractivity contribution < 1.29 is 14.9 Å². The minimum absolute atomic E-state index is 0.125. The smallest absolute Gasteiger partial charge is 0.0662 e. The summed E-state index contributed by atoms with van der Waals surface area (Å²) in [5.41, 5.74) is 2.74. The minimum Gasteiger partial charge on any atom is -0.394 e. The van der Waals surface area contributed by atoms with Gasteiger partial charge in [-0.25, -0.2) is 0 Å². The zero-order chi connectivity index (χ0) is 13.5. The second-order valence-electron chi connectivity index (χ2n) is 3.31. The van der Waals surface area contributed by atoms with Crippen molar-refractivity contribution in [1.29, 1.82) is 0 Å². The lowest BCUT2D eigenvalue weighted by Gasteiger charge is -1.93. The van der Waals surface area contributed by atoms with Crippen LogP contribution in [0.3, 0.4) is 0 Å². The van der Waals surface area contributed by atoms with Gasteiger partial charge in [0.2, 0.25) is 0 Å². The first kappa shape index (κ1) is 18.5. The molecule has 0 aromatic heterocycles. The first-order chi connectivity index (χ1) is 8.13. The van der Waals surface area contributed by atoms with Crippen molar-refractivity contribution in [2.24, 2.45) is 0 Å². The van der Waals surface area contributed by atoms with E-state index < -0.39 is 0 Å². The van der Waals surface area contributed by atoms with Gasteiger partial charge in [0, 0.05) is 13.2 Å². The molecule has 0 bridgehead atoms. The van der Waals surface area contributed by atoms with E-state index in [0.29, 0.717) is 0 Å². The average Bonchev–Trinajstić information content (AvgIpc) is 2.35. The van der Waals surface area contributed by atoms with E-state index in [-0.39, 0.29) is 13.2 Å². The van der Waals surface area contributed by atoms with Crippen LogP contribution < -0.4 is 0 Å². The lowest BCUT2D eigenvalue weighted by atomic mass is 10.1. The number of ether oxygens (including phenoxy) is 1. The van der Waals surface area contributed by atoms with E-state index in [4.69, 9.17) is 14.9 Å². The van der Waals surface area contributed by atoms with Crippen molar-refractivity contribution in [3.05, 3.63) is 35.4 Å². The third kappa shape index (κ3) is 15.1. The van der Waals surface area contributed by atoms with Crippen molar-refractivity contribution in [2.75, 3.05) is 26.4 Å². The van der Waals surface area contributed by atoms with E-state index in [1.807, 2.05) is 13.8 Å². The molecule has 3 nitrogen and oxygen atoms in total. The molecule has 0 aliphatic heterocycles. The fraction of sp³-hybridized carbons (Fsp3) is 0.571.